The number of aromatic nitrogens is 4. The minimum atomic E-state index is -0.561. The van der Waals surface area contributed by atoms with E-state index < -0.39 is 6.10 Å². The topological polar surface area (TPSA) is 114 Å². The molecule has 0 aliphatic heterocycles. The van der Waals surface area contributed by atoms with Gasteiger partial charge in [0.25, 0.3) is 0 Å². The van der Waals surface area contributed by atoms with Gasteiger partial charge in [0.05, 0.1) is 24.0 Å². The minimum Gasteiger partial charge on any atom is -0.391 e. The van der Waals surface area contributed by atoms with Gasteiger partial charge < -0.3 is 20.5 Å². The quantitative estimate of drug-likeness (QED) is 0.689. The largest absolute Gasteiger partial charge is 0.391 e. The molecule has 2 aromatic heterocycles. The fourth-order valence-electron chi connectivity index (χ4n) is 3.66. The van der Waals surface area contributed by atoms with E-state index in [9.17, 15) is 9.90 Å². The highest BCUT2D eigenvalue weighted by Gasteiger charge is 2.35. The van der Waals surface area contributed by atoms with Crippen LogP contribution in [-0.4, -0.2) is 56.2 Å². The van der Waals surface area contributed by atoms with Crippen LogP contribution in [0.4, 0.5) is 4.79 Å². The monoisotopic (exact) mass is 386 g/mol. The van der Waals surface area contributed by atoms with Crippen molar-refractivity contribution >= 4 is 6.03 Å². The number of urea groups is 1. The Kier molecular flexibility index (Phi) is 5.54. The van der Waals surface area contributed by atoms with Gasteiger partial charge in [0.2, 0.25) is 0 Å². The lowest BCUT2D eigenvalue weighted by Gasteiger charge is -2.33. The molecule has 4 rings (SSSR count). The van der Waals surface area contributed by atoms with Crippen molar-refractivity contribution in [1.29, 1.82) is 0 Å². The van der Waals surface area contributed by atoms with Crippen LogP contribution in [0, 0.1) is 0 Å². The number of pyridine rings is 1. The molecule has 2 amide bonds. The third-order valence-electron chi connectivity index (χ3n) is 5.25. The predicted octanol–water partition coefficient (Wildman–Crippen LogP) is 1.27. The second-order valence-electron chi connectivity index (χ2n) is 7.52. The average molecular weight is 386 g/mol. The van der Waals surface area contributed by atoms with E-state index in [1.165, 1.54) is 0 Å². The van der Waals surface area contributed by atoms with Crippen LogP contribution in [-0.2, 0) is 11.3 Å². The van der Waals surface area contributed by atoms with Crippen LogP contribution < -0.4 is 10.6 Å². The summed E-state index contributed by atoms with van der Waals surface area (Å²) in [5, 5.41) is 20.8. The van der Waals surface area contributed by atoms with Gasteiger partial charge in [-0.15, -0.1) is 5.10 Å². The maximum absolute atomic E-state index is 12.1. The van der Waals surface area contributed by atoms with Crippen LogP contribution in [0.1, 0.15) is 49.7 Å². The Morgan fingerprint density at radius 2 is 2.18 bits per heavy atom. The highest BCUT2D eigenvalue weighted by Crippen LogP contribution is 2.33. The van der Waals surface area contributed by atoms with Crippen LogP contribution in [0.2, 0.25) is 0 Å². The number of aliphatic hydroxyl groups excluding tert-OH is 1. The number of carbonyl (C=O) groups is 1. The summed E-state index contributed by atoms with van der Waals surface area (Å²) in [6, 6.07) is 3.54. The molecule has 9 nitrogen and oxygen atoms in total. The van der Waals surface area contributed by atoms with E-state index in [0.717, 1.165) is 30.8 Å². The van der Waals surface area contributed by atoms with Gasteiger partial charge in [-0.25, -0.2) is 14.5 Å². The molecule has 0 bridgehead atoms. The molecule has 2 aromatic rings. The number of aliphatic hydroxyl groups is 1. The summed E-state index contributed by atoms with van der Waals surface area (Å²) in [5.41, 5.74) is 0.828. The minimum absolute atomic E-state index is 0.0629. The number of methoxy groups -OCH3 is 1. The van der Waals surface area contributed by atoms with E-state index in [1.54, 1.807) is 24.2 Å². The highest BCUT2D eigenvalue weighted by molar-refractivity contribution is 5.75. The number of nitrogens with zero attached hydrogens (tertiary/aromatic N) is 4. The maximum Gasteiger partial charge on any atom is 0.315 e. The average Bonchev–Trinajstić information content (AvgIpc) is 3.41. The first-order valence-corrected chi connectivity index (χ1v) is 9.74. The summed E-state index contributed by atoms with van der Waals surface area (Å²) in [5.74, 6) is 1.47. The van der Waals surface area contributed by atoms with Crippen molar-refractivity contribution in [3.05, 3.63) is 36.2 Å². The summed E-state index contributed by atoms with van der Waals surface area (Å²) < 4.78 is 6.99. The molecule has 2 fully saturated rings. The molecule has 0 spiro atoms. The molecular formula is C19H26N6O3. The summed E-state index contributed by atoms with van der Waals surface area (Å²) in [6.45, 7) is 0.321. The number of rotatable bonds is 6. The van der Waals surface area contributed by atoms with Crippen molar-refractivity contribution in [3.8, 4) is 5.69 Å². The van der Waals surface area contributed by atoms with Crippen LogP contribution >= 0.6 is 0 Å². The van der Waals surface area contributed by atoms with Gasteiger partial charge in [-0.1, -0.05) is 0 Å². The Labute approximate surface area is 163 Å². The predicted molar refractivity (Wildman–Crippen MR) is 101 cm³/mol. The van der Waals surface area contributed by atoms with E-state index in [-0.39, 0.29) is 24.0 Å². The molecule has 28 heavy (non-hydrogen) atoms. The van der Waals surface area contributed by atoms with Crippen molar-refractivity contribution in [2.75, 3.05) is 7.11 Å². The Hall–Kier alpha value is -2.52. The molecule has 0 radical (unpaired) electrons. The molecule has 2 heterocycles. The molecule has 2 aliphatic rings. The number of hydrogen-bond donors (Lipinski definition) is 3. The Balaban J connectivity index is 1.54. The number of ether oxygens (including phenoxy) is 1. The molecule has 150 valence electrons. The van der Waals surface area contributed by atoms with Crippen LogP contribution in [0.25, 0.3) is 5.69 Å². The fourth-order valence-corrected chi connectivity index (χ4v) is 3.66. The lowest BCUT2D eigenvalue weighted by atomic mass is 9.83. The number of hydrogen-bond acceptors (Lipinski definition) is 6. The zero-order chi connectivity index (χ0) is 19.5. The van der Waals surface area contributed by atoms with E-state index in [2.05, 4.69) is 25.7 Å². The first-order valence-electron chi connectivity index (χ1n) is 9.74. The van der Waals surface area contributed by atoms with E-state index in [0.29, 0.717) is 25.3 Å². The third kappa shape index (κ3) is 4.31. The van der Waals surface area contributed by atoms with Gasteiger partial charge in [-0.05, 0) is 44.2 Å². The molecule has 9 heteroatoms. The smallest absolute Gasteiger partial charge is 0.315 e. The van der Waals surface area contributed by atoms with Crippen LogP contribution in [0.5, 0.6) is 0 Å². The second kappa shape index (κ2) is 8.24. The lowest BCUT2D eigenvalue weighted by molar-refractivity contribution is 0.0852. The molecule has 3 N–H and O–H groups in total. The maximum atomic E-state index is 12.1. The SMILES string of the molecule is COCc1nc([C@H]2CC[C@@H](O)[C@H](NC(=O)NC3CC3)C2)n(-c2cccnc2)n1. The van der Waals surface area contributed by atoms with Gasteiger partial charge in [0.1, 0.15) is 12.4 Å². The summed E-state index contributed by atoms with van der Waals surface area (Å²) in [6.07, 6.45) is 6.92. The molecule has 2 aliphatic carbocycles. The second-order valence-corrected chi connectivity index (χ2v) is 7.52. The molecule has 0 unspecified atom stereocenters. The fraction of sp³-hybridized carbons (Fsp3) is 0.579. The number of nitrogens with one attached hydrogen (secondary N) is 2. The Morgan fingerprint density at radius 3 is 2.89 bits per heavy atom. The van der Waals surface area contributed by atoms with Crippen molar-refractivity contribution in [2.24, 2.45) is 0 Å². The zero-order valence-electron chi connectivity index (χ0n) is 15.9. The first-order chi connectivity index (χ1) is 13.6. The normalized spacial score (nSPS) is 24.7. The Morgan fingerprint density at radius 1 is 1.32 bits per heavy atom. The summed E-state index contributed by atoms with van der Waals surface area (Å²) in [7, 11) is 1.61. The van der Waals surface area contributed by atoms with Gasteiger partial charge in [0, 0.05) is 25.3 Å². The van der Waals surface area contributed by atoms with Gasteiger partial charge in [-0.3, -0.25) is 4.98 Å². The molecule has 3 atom stereocenters. The molecule has 0 aromatic carbocycles. The van der Waals surface area contributed by atoms with E-state index in [1.807, 2.05) is 12.1 Å². The van der Waals surface area contributed by atoms with Crippen molar-refractivity contribution in [3.63, 3.8) is 0 Å². The summed E-state index contributed by atoms with van der Waals surface area (Å²) >= 11 is 0. The van der Waals surface area contributed by atoms with Crippen LogP contribution in [0.15, 0.2) is 24.5 Å². The van der Waals surface area contributed by atoms with Crippen molar-refractivity contribution in [2.45, 2.75) is 62.8 Å². The third-order valence-corrected chi connectivity index (χ3v) is 5.25. The van der Waals surface area contributed by atoms with Gasteiger partial charge >= 0.3 is 6.03 Å². The number of amides is 2. The van der Waals surface area contributed by atoms with Gasteiger partial charge in [0.15, 0.2) is 5.82 Å². The van der Waals surface area contributed by atoms with Gasteiger partial charge in [-0.2, -0.15) is 0 Å². The van der Waals surface area contributed by atoms with Crippen molar-refractivity contribution in [1.82, 2.24) is 30.4 Å². The Bertz CT molecular complexity index is 807. The molecule has 2 saturated carbocycles. The van der Waals surface area contributed by atoms with Crippen LogP contribution in [0.3, 0.4) is 0 Å². The highest BCUT2D eigenvalue weighted by atomic mass is 16.5. The van der Waals surface area contributed by atoms with E-state index in [4.69, 9.17) is 4.74 Å². The molecular weight excluding hydrogens is 360 g/mol. The molecule has 0 saturated heterocycles. The van der Waals surface area contributed by atoms with E-state index >= 15 is 0 Å². The lowest BCUT2D eigenvalue weighted by Crippen LogP contribution is -2.50. The number of carbonyl (C=O) groups excluding carboxylic acids is 1. The zero-order valence-corrected chi connectivity index (χ0v) is 15.9. The summed E-state index contributed by atoms with van der Waals surface area (Å²) in [4.78, 5) is 21.0. The van der Waals surface area contributed by atoms with Crippen molar-refractivity contribution < 1.29 is 14.6 Å². The standard InChI is InChI=1S/C19H26N6O3/c1-28-11-17-23-18(25(24-17)14-3-2-8-20-10-14)12-4-7-16(26)15(9-12)22-19(27)21-13-5-6-13/h2-3,8,10,12-13,15-16,26H,4-7,9,11H2,1H3,(H2,21,22,27)/t12-,15+,16+/m0/s1. The first kappa shape index (κ1) is 18.8.